The molecule has 0 radical (unpaired) electrons. The largest absolute Gasteiger partial charge is 0.289 e. The summed E-state index contributed by atoms with van der Waals surface area (Å²) in [5.41, 5.74) is 1.78. The predicted octanol–water partition coefficient (Wildman–Crippen LogP) is 3.95. The fourth-order valence-electron chi connectivity index (χ4n) is 1.84. The molecule has 0 spiro atoms. The highest BCUT2D eigenvalue weighted by Crippen LogP contribution is 2.20. The zero-order valence-corrected chi connectivity index (χ0v) is 10.4. The van der Waals surface area contributed by atoms with Gasteiger partial charge in [0, 0.05) is 11.1 Å². The van der Waals surface area contributed by atoms with Crippen LogP contribution in [0.15, 0.2) is 30.3 Å². The van der Waals surface area contributed by atoms with Crippen LogP contribution in [0.4, 0.5) is 13.2 Å². The molecular formula is C15H11F3O. The third kappa shape index (κ3) is 2.38. The zero-order valence-electron chi connectivity index (χ0n) is 10.4. The molecule has 98 valence electrons. The van der Waals surface area contributed by atoms with Crippen molar-refractivity contribution in [3.63, 3.8) is 0 Å². The van der Waals surface area contributed by atoms with E-state index >= 15 is 0 Å². The molecule has 0 unspecified atom stereocenters. The molecule has 0 atom stereocenters. The summed E-state index contributed by atoms with van der Waals surface area (Å²) in [5.74, 6) is -4.83. The molecule has 1 nitrogen and oxygen atoms in total. The molecule has 4 heteroatoms. The minimum absolute atomic E-state index is 0.204. The molecule has 0 bridgehead atoms. The van der Waals surface area contributed by atoms with Crippen molar-refractivity contribution in [2.75, 3.05) is 0 Å². The van der Waals surface area contributed by atoms with E-state index in [0.717, 1.165) is 11.1 Å². The van der Waals surface area contributed by atoms with Crippen molar-refractivity contribution in [1.82, 2.24) is 0 Å². The number of halogens is 3. The summed E-state index contributed by atoms with van der Waals surface area (Å²) in [6, 6.07) is 6.51. The Balaban J connectivity index is 2.53. The average molecular weight is 264 g/mol. The first-order valence-electron chi connectivity index (χ1n) is 5.67. The van der Waals surface area contributed by atoms with Crippen LogP contribution < -0.4 is 0 Å². The zero-order chi connectivity index (χ0) is 14.2. The van der Waals surface area contributed by atoms with E-state index in [1.165, 1.54) is 0 Å². The van der Waals surface area contributed by atoms with E-state index in [0.29, 0.717) is 17.7 Å². The van der Waals surface area contributed by atoms with Crippen LogP contribution in [0.5, 0.6) is 0 Å². The van der Waals surface area contributed by atoms with E-state index in [1.807, 2.05) is 13.0 Å². The van der Waals surface area contributed by atoms with Gasteiger partial charge in [-0.25, -0.2) is 13.2 Å². The molecule has 19 heavy (non-hydrogen) atoms. The molecule has 0 aliphatic heterocycles. The van der Waals surface area contributed by atoms with Gasteiger partial charge in [0.25, 0.3) is 0 Å². The number of benzene rings is 2. The maximum absolute atomic E-state index is 13.1. The lowest BCUT2D eigenvalue weighted by molar-refractivity contribution is 0.103. The van der Waals surface area contributed by atoms with E-state index in [9.17, 15) is 18.0 Å². The molecular weight excluding hydrogens is 253 g/mol. The second kappa shape index (κ2) is 4.88. The third-order valence-corrected chi connectivity index (χ3v) is 3.10. The highest BCUT2D eigenvalue weighted by Gasteiger charge is 2.17. The summed E-state index contributed by atoms with van der Waals surface area (Å²) in [7, 11) is 0. The van der Waals surface area contributed by atoms with Crippen molar-refractivity contribution >= 4 is 5.78 Å². The smallest absolute Gasteiger partial charge is 0.194 e. The number of aryl methyl sites for hydroxylation is 1. The van der Waals surface area contributed by atoms with Crippen LogP contribution in [0, 0.1) is 31.3 Å². The number of hydrogen-bond acceptors (Lipinski definition) is 1. The Kier molecular flexibility index (Phi) is 3.42. The summed E-state index contributed by atoms with van der Waals surface area (Å²) in [6.45, 7) is 3.58. The predicted molar refractivity (Wildman–Crippen MR) is 65.7 cm³/mol. The van der Waals surface area contributed by atoms with Gasteiger partial charge in [-0.3, -0.25) is 4.79 Å². The molecule has 2 rings (SSSR count). The maximum atomic E-state index is 13.1. The summed E-state index contributed by atoms with van der Waals surface area (Å²) < 4.78 is 39.1. The number of ketones is 1. The van der Waals surface area contributed by atoms with Gasteiger partial charge in [0.2, 0.25) is 0 Å². The Morgan fingerprint density at radius 3 is 2.16 bits per heavy atom. The Hall–Kier alpha value is -2.10. The van der Waals surface area contributed by atoms with Crippen molar-refractivity contribution < 1.29 is 18.0 Å². The molecule has 0 saturated carbocycles. The third-order valence-electron chi connectivity index (χ3n) is 3.10. The van der Waals surface area contributed by atoms with E-state index in [-0.39, 0.29) is 5.56 Å². The standard InChI is InChI=1S/C15H11F3O/c1-8-4-3-5-11(9(8)2)15(19)10-6-12(16)14(18)13(17)7-10/h3-7H,1-2H3. The molecule has 0 fully saturated rings. The lowest BCUT2D eigenvalue weighted by Gasteiger charge is -2.08. The molecule has 0 amide bonds. The van der Waals surface area contributed by atoms with Crippen molar-refractivity contribution in [1.29, 1.82) is 0 Å². The molecule has 0 heterocycles. The fraction of sp³-hybridized carbons (Fsp3) is 0.133. The molecule has 2 aromatic carbocycles. The molecule has 0 aromatic heterocycles. The van der Waals surface area contributed by atoms with Crippen LogP contribution in [0.25, 0.3) is 0 Å². The van der Waals surface area contributed by atoms with Gasteiger partial charge in [-0.15, -0.1) is 0 Å². The highest BCUT2D eigenvalue weighted by atomic mass is 19.2. The second-order valence-electron chi connectivity index (χ2n) is 4.33. The Morgan fingerprint density at radius 2 is 1.58 bits per heavy atom. The fourth-order valence-corrected chi connectivity index (χ4v) is 1.84. The summed E-state index contributed by atoms with van der Waals surface area (Å²) >= 11 is 0. The van der Waals surface area contributed by atoms with Gasteiger partial charge < -0.3 is 0 Å². The molecule has 0 saturated heterocycles. The normalized spacial score (nSPS) is 10.6. The van der Waals surface area contributed by atoms with Crippen LogP contribution in [-0.2, 0) is 0 Å². The number of rotatable bonds is 2. The van der Waals surface area contributed by atoms with Crippen LogP contribution in [0.2, 0.25) is 0 Å². The van der Waals surface area contributed by atoms with Gasteiger partial charge >= 0.3 is 0 Å². The number of carbonyl (C=O) groups excluding carboxylic acids is 1. The Bertz CT molecular complexity index is 639. The summed E-state index contributed by atoms with van der Waals surface area (Å²) in [5, 5.41) is 0. The van der Waals surface area contributed by atoms with Crippen LogP contribution in [-0.4, -0.2) is 5.78 Å². The number of carbonyl (C=O) groups is 1. The first kappa shape index (κ1) is 13.3. The minimum atomic E-state index is -1.57. The van der Waals surface area contributed by atoms with Crippen molar-refractivity contribution in [3.8, 4) is 0 Å². The van der Waals surface area contributed by atoms with Crippen molar-refractivity contribution in [3.05, 3.63) is 70.0 Å². The molecule has 2 aromatic rings. The topological polar surface area (TPSA) is 17.1 Å². The first-order chi connectivity index (χ1) is 8.91. The van der Waals surface area contributed by atoms with Crippen LogP contribution in [0.3, 0.4) is 0 Å². The SMILES string of the molecule is Cc1cccc(C(=O)c2cc(F)c(F)c(F)c2)c1C. The highest BCUT2D eigenvalue weighted by molar-refractivity contribution is 6.10. The lowest BCUT2D eigenvalue weighted by atomic mass is 9.96. The lowest BCUT2D eigenvalue weighted by Crippen LogP contribution is -2.07. The summed E-state index contributed by atoms with van der Waals surface area (Å²) in [6.07, 6.45) is 0. The van der Waals surface area contributed by atoms with Crippen LogP contribution >= 0.6 is 0 Å². The minimum Gasteiger partial charge on any atom is -0.289 e. The molecule has 0 N–H and O–H groups in total. The van der Waals surface area contributed by atoms with Gasteiger partial charge in [0.15, 0.2) is 23.2 Å². The van der Waals surface area contributed by atoms with Gasteiger partial charge in [-0.05, 0) is 37.1 Å². The molecule has 0 aliphatic carbocycles. The number of hydrogen-bond donors (Lipinski definition) is 0. The van der Waals surface area contributed by atoms with Gasteiger partial charge in [0.1, 0.15) is 0 Å². The average Bonchev–Trinajstić information content (AvgIpc) is 2.38. The van der Waals surface area contributed by atoms with Crippen molar-refractivity contribution in [2.24, 2.45) is 0 Å². The van der Waals surface area contributed by atoms with Gasteiger partial charge in [-0.2, -0.15) is 0 Å². The van der Waals surface area contributed by atoms with Gasteiger partial charge in [-0.1, -0.05) is 18.2 Å². The van der Waals surface area contributed by atoms with E-state index in [2.05, 4.69) is 0 Å². The molecule has 0 aliphatic rings. The maximum Gasteiger partial charge on any atom is 0.194 e. The second-order valence-corrected chi connectivity index (χ2v) is 4.33. The quantitative estimate of drug-likeness (QED) is 0.593. The van der Waals surface area contributed by atoms with Crippen molar-refractivity contribution in [2.45, 2.75) is 13.8 Å². The Labute approximate surface area is 108 Å². The van der Waals surface area contributed by atoms with E-state index in [1.54, 1.807) is 19.1 Å². The van der Waals surface area contributed by atoms with Gasteiger partial charge in [0.05, 0.1) is 0 Å². The monoisotopic (exact) mass is 264 g/mol. The van der Waals surface area contributed by atoms with E-state index in [4.69, 9.17) is 0 Å². The van der Waals surface area contributed by atoms with E-state index < -0.39 is 23.2 Å². The van der Waals surface area contributed by atoms with Crippen LogP contribution in [0.1, 0.15) is 27.0 Å². The summed E-state index contributed by atoms with van der Waals surface area (Å²) in [4.78, 5) is 12.2. The Morgan fingerprint density at radius 1 is 1.00 bits per heavy atom. The first-order valence-corrected chi connectivity index (χ1v) is 5.67.